The van der Waals surface area contributed by atoms with Crippen LogP contribution < -0.4 is 0 Å². The van der Waals surface area contributed by atoms with Gasteiger partial charge in [0.05, 0.1) is 21.9 Å². The molecule has 0 atom stereocenters. The number of hydrogen-bond acceptors (Lipinski definition) is 3. The first-order chi connectivity index (χ1) is 12.4. The van der Waals surface area contributed by atoms with Crippen molar-refractivity contribution in [1.82, 2.24) is 9.97 Å². The van der Waals surface area contributed by atoms with Gasteiger partial charge in [0.25, 0.3) is 0 Å². The van der Waals surface area contributed by atoms with Crippen molar-refractivity contribution in [2.24, 2.45) is 0 Å². The standard InChI is InChI=1S/C22H12N2O/c1-2-8-14-13(7-1)20-21(24-17-11-5-4-10-16(17)23-20)19-15-9-3-6-12-18(15)25-22(14)19/h1-12H. The van der Waals surface area contributed by atoms with Crippen molar-refractivity contribution in [1.29, 1.82) is 0 Å². The van der Waals surface area contributed by atoms with Crippen molar-refractivity contribution in [3.63, 3.8) is 0 Å². The summed E-state index contributed by atoms with van der Waals surface area (Å²) in [5.41, 5.74) is 5.40. The van der Waals surface area contributed by atoms with Crippen LogP contribution in [0.5, 0.6) is 0 Å². The van der Waals surface area contributed by atoms with E-state index in [2.05, 4.69) is 18.2 Å². The van der Waals surface area contributed by atoms with E-state index in [1.54, 1.807) is 0 Å². The van der Waals surface area contributed by atoms with E-state index in [0.29, 0.717) is 0 Å². The van der Waals surface area contributed by atoms with Crippen molar-refractivity contribution in [2.45, 2.75) is 0 Å². The molecule has 0 fully saturated rings. The van der Waals surface area contributed by atoms with E-state index in [9.17, 15) is 0 Å². The third kappa shape index (κ3) is 1.64. The summed E-state index contributed by atoms with van der Waals surface area (Å²) >= 11 is 0. The smallest absolute Gasteiger partial charge is 0.145 e. The van der Waals surface area contributed by atoms with Crippen LogP contribution in [0, 0.1) is 0 Å². The summed E-state index contributed by atoms with van der Waals surface area (Å²) in [4.78, 5) is 9.89. The topological polar surface area (TPSA) is 38.9 Å². The quantitative estimate of drug-likeness (QED) is 0.261. The minimum Gasteiger partial charge on any atom is -0.455 e. The van der Waals surface area contributed by atoms with Gasteiger partial charge in [0.1, 0.15) is 16.7 Å². The molecule has 4 aromatic carbocycles. The minimum atomic E-state index is 0.880. The molecular weight excluding hydrogens is 308 g/mol. The highest BCUT2D eigenvalue weighted by atomic mass is 16.3. The van der Waals surface area contributed by atoms with Crippen molar-refractivity contribution in [3.05, 3.63) is 72.8 Å². The van der Waals surface area contributed by atoms with Gasteiger partial charge in [-0.05, 0) is 18.2 Å². The summed E-state index contributed by atoms with van der Waals surface area (Å²) in [6.07, 6.45) is 0. The predicted octanol–water partition coefficient (Wildman–Crippen LogP) is 5.84. The molecule has 0 aliphatic heterocycles. The molecule has 0 aliphatic rings. The molecule has 0 aliphatic carbocycles. The molecule has 0 N–H and O–H groups in total. The second-order valence-electron chi connectivity index (χ2n) is 6.26. The number of rotatable bonds is 0. The van der Waals surface area contributed by atoms with Gasteiger partial charge in [-0.3, -0.25) is 0 Å². The summed E-state index contributed by atoms with van der Waals surface area (Å²) in [6.45, 7) is 0. The number of fused-ring (bicyclic) bond motifs is 9. The van der Waals surface area contributed by atoms with Crippen molar-refractivity contribution in [2.75, 3.05) is 0 Å². The highest BCUT2D eigenvalue weighted by Crippen LogP contribution is 2.39. The van der Waals surface area contributed by atoms with Crippen LogP contribution in [0.3, 0.4) is 0 Å². The van der Waals surface area contributed by atoms with Crippen LogP contribution in [0.4, 0.5) is 0 Å². The monoisotopic (exact) mass is 320 g/mol. The molecular formula is C22H12N2O. The molecule has 0 spiro atoms. The third-order valence-electron chi connectivity index (χ3n) is 4.83. The largest absolute Gasteiger partial charge is 0.455 e. The Bertz CT molecular complexity index is 1450. The predicted molar refractivity (Wildman–Crippen MR) is 102 cm³/mol. The Morgan fingerprint density at radius 3 is 1.96 bits per heavy atom. The second kappa shape index (κ2) is 4.54. The van der Waals surface area contributed by atoms with Crippen LogP contribution in [0.1, 0.15) is 0 Å². The van der Waals surface area contributed by atoms with Gasteiger partial charge in [-0.15, -0.1) is 0 Å². The van der Waals surface area contributed by atoms with Crippen molar-refractivity contribution in [3.8, 4) is 0 Å². The Kier molecular flexibility index (Phi) is 2.35. The Balaban J connectivity index is 2.03. The van der Waals surface area contributed by atoms with Gasteiger partial charge in [-0.1, -0.05) is 54.6 Å². The average molecular weight is 320 g/mol. The van der Waals surface area contributed by atoms with Crippen LogP contribution in [0.25, 0.3) is 54.8 Å². The zero-order valence-electron chi connectivity index (χ0n) is 13.2. The summed E-state index contributed by atoms with van der Waals surface area (Å²) in [7, 11) is 0. The van der Waals surface area contributed by atoms with E-state index < -0.39 is 0 Å². The van der Waals surface area contributed by atoms with Crippen LogP contribution >= 0.6 is 0 Å². The van der Waals surface area contributed by atoms with Crippen LogP contribution in [-0.4, -0.2) is 9.97 Å². The minimum absolute atomic E-state index is 0.880. The lowest BCUT2D eigenvalue weighted by atomic mass is 10.0. The molecule has 0 bridgehead atoms. The number of hydrogen-bond donors (Lipinski definition) is 0. The Labute approximate surface area is 142 Å². The van der Waals surface area contributed by atoms with Crippen LogP contribution in [-0.2, 0) is 0 Å². The molecule has 0 amide bonds. The van der Waals surface area contributed by atoms with E-state index in [0.717, 1.165) is 54.8 Å². The van der Waals surface area contributed by atoms with Crippen molar-refractivity contribution >= 4 is 54.8 Å². The molecule has 6 rings (SSSR count). The summed E-state index contributed by atoms with van der Waals surface area (Å²) in [5, 5.41) is 4.27. The first-order valence-corrected chi connectivity index (χ1v) is 8.28. The molecule has 116 valence electrons. The van der Waals surface area contributed by atoms with E-state index in [4.69, 9.17) is 14.4 Å². The van der Waals surface area contributed by atoms with E-state index >= 15 is 0 Å². The fourth-order valence-corrected chi connectivity index (χ4v) is 3.72. The van der Waals surface area contributed by atoms with Gasteiger partial charge >= 0.3 is 0 Å². The van der Waals surface area contributed by atoms with Crippen molar-refractivity contribution < 1.29 is 4.42 Å². The van der Waals surface area contributed by atoms with E-state index in [1.807, 2.05) is 54.6 Å². The molecule has 2 aromatic heterocycles. The maximum absolute atomic E-state index is 6.22. The lowest BCUT2D eigenvalue weighted by Crippen LogP contribution is -1.90. The van der Waals surface area contributed by atoms with Gasteiger partial charge in [0.15, 0.2) is 0 Å². The number of para-hydroxylation sites is 3. The fourth-order valence-electron chi connectivity index (χ4n) is 3.72. The zero-order valence-corrected chi connectivity index (χ0v) is 13.2. The molecule has 0 unspecified atom stereocenters. The Morgan fingerprint density at radius 1 is 0.560 bits per heavy atom. The summed E-state index contributed by atoms with van der Waals surface area (Å²) in [6, 6.07) is 24.4. The number of furan rings is 1. The normalized spacial score (nSPS) is 12.0. The lowest BCUT2D eigenvalue weighted by molar-refractivity contribution is 0.673. The Morgan fingerprint density at radius 2 is 1.16 bits per heavy atom. The summed E-state index contributed by atoms with van der Waals surface area (Å²) in [5.74, 6) is 0. The van der Waals surface area contributed by atoms with Gasteiger partial charge in [-0.25, -0.2) is 9.97 Å². The lowest BCUT2D eigenvalue weighted by Gasteiger charge is -2.06. The maximum atomic E-state index is 6.22. The van der Waals surface area contributed by atoms with Gasteiger partial charge < -0.3 is 4.42 Å². The van der Waals surface area contributed by atoms with Crippen LogP contribution in [0.15, 0.2) is 77.2 Å². The molecule has 0 radical (unpaired) electrons. The maximum Gasteiger partial charge on any atom is 0.145 e. The number of nitrogens with zero attached hydrogens (tertiary/aromatic N) is 2. The molecule has 0 saturated heterocycles. The first-order valence-electron chi connectivity index (χ1n) is 8.28. The molecule has 6 aromatic rings. The van der Waals surface area contributed by atoms with Gasteiger partial charge in [-0.2, -0.15) is 0 Å². The Hall–Kier alpha value is -3.46. The number of benzene rings is 4. The highest BCUT2D eigenvalue weighted by molar-refractivity contribution is 6.28. The van der Waals surface area contributed by atoms with Gasteiger partial charge in [0.2, 0.25) is 0 Å². The van der Waals surface area contributed by atoms with E-state index in [-0.39, 0.29) is 0 Å². The number of aromatic nitrogens is 2. The summed E-state index contributed by atoms with van der Waals surface area (Å²) < 4.78 is 6.22. The molecule has 0 saturated carbocycles. The SMILES string of the molecule is c1ccc2nc3c(nc2c1)c1ccccc1c1oc2ccccc2c31. The average Bonchev–Trinajstić information content (AvgIpc) is 3.07. The molecule has 2 heterocycles. The third-order valence-corrected chi connectivity index (χ3v) is 4.83. The molecule has 3 nitrogen and oxygen atoms in total. The van der Waals surface area contributed by atoms with Gasteiger partial charge in [0, 0.05) is 16.2 Å². The second-order valence-corrected chi connectivity index (χ2v) is 6.26. The fraction of sp³-hybridized carbons (Fsp3) is 0. The van der Waals surface area contributed by atoms with E-state index in [1.165, 1.54) is 0 Å². The van der Waals surface area contributed by atoms with Crippen LogP contribution in [0.2, 0.25) is 0 Å². The zero-order chi connectivity index (χ0) is 16.4. The first kappa shape index (κ1) is 12.9. The highest BCUT2D eigenvalue weighted by Gasteiger charge is 2.17. The molecule has 3 heteroatoms. The molecule has 25 heavy (non-hydrogen) atoms.